The van der Waals surface area contributed by atoms with Crippen LogP contribution in [-0.4, -0.2) is 17.8 Å². The average Bonchev–Trinajstić information content (AvgIpc) is 2.50. The van der Waals surface area contributed by atoms with Crippen LogP contribution >= 0.6 is 28.1 Å². The third-order valence-corrected chi connectivity index (χ3v) is 4.79. The molecule has 2 rings (SSSR count). The number of rotatable bonds is 5. The predicted octanol–water partition coefficient (Wildman–Crippen LogP) is 5.13. The molecule has 0 aliphatic heterocycles. The first kappa shape index (κ1) is 18.7. The lowest BCUT2D eigenvalue weighted by atomic mass is 10.1. The smallest absolute Gasteiger partial charge is 0.171 e. The average molecular weight is 407 g/mol. The van der Waals surface area contributed by atoms with Gasteiger partial charge in [0.25, 0.3) is 0 Å². The van der Waals surface area contributed by atoms with Gasteiger partial charge in [0, 0.05) is 10.2 Å². The van der Waals surface area contributed by atoms with Crippen LogP contribution in [-0.2, 0) is 0 Å². The highest BCUT2D eigenvalue weighted by Crippen LogP contribution is 2.22. The van der Waals surface area contributed by atoms with Crippen molar-refractivity contribution in [2.45, 2.75) is 33.7 Å². The van der Waals surface area contributed by atoms with E-state index in [1.54, 1.807) is 0 Å². The summed E-state index contributed by atoms with van der Waals surface area (Å²) in [4.78, 5) is 0. The Labute approximate surface area is 157 Å². The zero-order valence-electron chi connectivity index (χ0n) is 14.4. The largest absolute Gasteiger partial charge is 0.491 e. The number of ether oxygens (including phenoxy) is 1. The van der Waals surface area contributed by atoms with Crippen molar-refractivity contribution in [1.82, 2.24) is 5.32 Å². The second kappa shape index (κ2) is 8.49. The summed E-state index contributed by atoms with van der Waals surface area (Å²) in [5.74, 6) is 0.952. The fraction of sp³-hybridized carbons (Fsp3) is 0.316. The Hall–Kier alpha value is -1.59. The first-order valence-electron chi connectivity index (χ1n) is 7.89. The van der Waals surface area contributed by atoms with Crippen LogP contribution in [0.2, 0.25) is 0 Å². The van der Waals surface area contributed by atoms with Gasteiger partial charge in [0.2, 0.25) is 0 Å². The first-order valence-corrected chi connectivity index (χ1v) is 9.09. The van der Waals surface area contributed by atoms with Crippen molar-refractivity contribution in [1.29, 1.82) is 0 Å². The number of anilines is 1. The van der Waals surface area contributed by atoms with E-state index in [-0.39, 0.29) is 6.04 Å². The van der Waals surface area contributed by atoms with Crippen LogP contribution in [0.15, 0.2) is 40.9 Å². The molecule has 1 atom stereocenters. The highest BCUT2D eigenvalue weighted by atomic mass is 79.9. The Morgan fingerprint density at radius 1 is 1.12 bits per heavy atom. The monoisotopic (exact) mass is 406 g/mol. The molecule has 0 aliphatic carbocycles. The Balaban J connectivity index is 1.86. The molecular weight excluding hydrogens is 384 g/mol. The van der Waals surface area contributed by atoms with Crippen LogP contribution in [0.1, 0.15) is 23.6 Å². The fourth-order valence-electron chi connectivity index (χ4n) is 2.39. The molecule has 0 radical (unpaired) electrons. The predicted molar refractivity (Wildman–Crippen MR) is 109 cm³/mol. The van der Waals surface area contributed by atoms with Crippen LogP contribution < -0.4 is 15.4 Å². The van der Waals surface area contributed by atoms with Crippen molar-refractivity contribution < 1.29 is 4.74 Å². The number of hydrogen-bond donors (Lipinski definition) is 2. The summed E-state index contributed by atoms with van der Waals surface area (Å²) in [6, 6.07) is 12.3. The second-order valence-electron chi connectivity index (χ2n) is 6.00. The van der Waals surface area contributed by atoms with Crippen LogP contribution in [0.3, 0.4) is 0 Å². The van der Waals surface area contributed by atoms with Crippen LogP contribution in [0.5, 0.6) is 5.75 Å². The van der Waals surface area contributed by atoms with Crippen LogP contribution in [0.4, 0.5) is 5.69 Å². The molecule has 0 amide bonds. The lowest BCUT2D eigenvalue weighted by Crippen LogP contribution is -2.39. The fourth-order valence-corrected chi connectivity index (χ4v) is 2.96. The quantitative estimate of drug-likeness (QED) is 0.674. The maximum atomic E-state index is 5.96. The molecule has 2 aromatic carbocycles. The highest BCUT2D eigenvalue weighted by molar-refractivity contribution is 9.10. The van der Waals surface area contributed by atoms with Gasteiger partial charge >= 0.3 is 0 Å². The summed E-state index contributed by atoms with van der Waals surface area (Å²) in [5.41, 5.74) is 4.42. The zero-order chi connectivity index (χ0) is 17.7. The number of benzene rings is 2. The van der Waals surface area contributed by atoms with Gasteiger partial charge in [0.05, 0.1) is 6.04 Å². The third kappa shape index (κ3) is 5.21. The van der Waals surface area contributed by atoms with Gasteiger partial charge < -0.3 is 15.4 Å². The van der Waals surface area contributed by atoms with Crippen molar-refractivity contribution >= 4 is 38.9 Å². The minimum absolute atomic E-state index is 0.0977. The molecule has 0 heterocycles. The topological polar surface area (TPSA) is 33.3 Å². The third-order valence-electron chi connectivity index (χ3n) is 3.68. The number of hydrogen-bond acceptors (Lipinski definition) is 2. The van der Waals surface area contributed by atoms with Crippen molar-refractivity contribution in [2.75, 3.05) is 11.9 Å². The molecule has 128 valence electrons. The van der Waals surface area contributed by atoms with Crippen LogP contribution in [0, 0.1) is 20.8 Å². The van der Waals surface area contributed by atoms with Gasteiger partial charge in [-0.1, -0.05) is 34.1 Å². The van der Waals surface area contributed by atoms with Crippen LogP contribution in [0.25, 0.3) is 0 Å². The molecule has 0 spiro atoms. The normalized spacial score (nSPS) is 11.7. The summed E-state index contributed by atoms with van der Waals surface area (Å²) in [6.07, 6.45) is 0. The molecule has 2 N–H and O–H groups in total. The van der Waals surface area contributed by atoms with Crippen molar-refractivity contribution in [3.8, 4) is 5.75 Å². The van der Waals surface area contributed by atoms with Gasteiger partial charge in [0.15, 0.2) is 5.11 Å². The minimum atomic E-state index is 0.0977. The summed E-state index contributed by atoms with van der Waals surface area (Å²) in [5, 5.41) is 7.05. The molecule has 0 aliphatic rings. The first-order chi connectivity index (χ1) is 11.4. The number of para-hydroxylation sites is 1. The Kier molecular flexibility index (Phi) is 6.63. The lowest BCUT2D eigenvalue weighted by molar-refractivity contribution is 0.283. The van der Waals surface area contributed by atoms with Crippen molar-refractivity contribution in [3.63, 3.8) is 0 Å². The van der Waals surface area contributed by atoms with E-state index in [0.717, 1.165) is 32.6 Å². The van der Waals surface area contributed by atoms with E-state index in [1.807, 2.05) is 25.1 Å². The van der Waals surface area contributed by atoms with E-state index >= 15 is 0 Å². The summed E-state index contributed by atoms with van der Waals surface area (Å²) in [7, 11) is 0. The molecule has 0 saturated heterocycles. The van der Waals surface area contributed by atoms with E-state index in [2.05, 4.69) is 65.5 Å². The molecule has 0 fully saturated rings. The highest BCUT2D eigenvalue weighted by Gasteiger charge is 2.09. The van der Waals surface area contributed by atoms with Gasteiger partial charge in [-0.25, -0.2) is 0 Å². The summed E-state index contributed by atoms with van der Waals surface area (Å²) in [6.45, 7) is 8.76. The standard InChI is InChI=1S/C19H23BrN2OS/c1-12-6-5-7-13(2)18(12)23-11-15(4)21-19(24)22-16-8-9-17(20)14(3)10-16/h5-10,15H,11H2,1-4H3,(H2,21,22,24). The van der Waals surface area contributed by atoms with E-state index in [9.17, 15) is 0 Å². The number of thiocarbonyl (C=S) groups is 1. The Bertz CT molecular complexity index is 713. The Morgan fingerprint density at radius 2 is 1.79 bits per heavy atom. The lowest BCUT2D eigenvalue weighted by Gasteiger charge is -2.19. The minimum Gasteiger partial charge on any atom is -0.491 e. The zero-order valence-corrected chi connectivity index (χ0v) is 16.8. The maximum absolute atomic E-state index is 5.96. The molecule has 2 aromatic rings. The SMILES string of the molecule is Cc1cc(NC(=S)NC(C)COc2c(C)cccc2C)ccc1Br. The van der Waals surface area contributed by atoms with Gasteiger partial charge in [0.1, 0.15) is 12.4 Å². The van der Waals surface area contributed by atoms with Gasteiger partial charge in [-0.3, -0.25) is 0 Å². The van der Waals surface area contributed by atoms with Gasteiger partial charge in [-0.05, 0) is 74.8 Å². The van der Waals surface area contributed by atoms with Gasteiger partial charge in [-0.2, -0.15) is 0 Å². The van der Waals surface area contributed by atoms with Crippen molar-refractivity contribution in [2.24, 2.45) is 0 Å². The molecule has 0 bridgehead atoms. The molecule has 5 heteroatoms. The number of halogens is 1. The second-order valence-corrected chi connectivity index (χ2v) is 7.26. The van der Waals surface area contributed by atoms with Gasteiger partial charge in [-0.15, -0.1) is 0 Å². The molecule has 0 aromatic heterocycles. The van der Waals surface area contributed by atoms with E-state index in [4.69, 9.17) is 17.0 Å². The number of nitrogens with one attached hydrogen (secondary N) is 2. The van der Waals surface area contributed by atoms with E-state index in [0.29, 0.717) is 11.7 Å². The number of aryl methyl sites for hydroxylation is 3. The molecular formula is C19H23BrN2OS. The van der Waals surface area contributed by atoms with E-state index in [1.165, 1.54) is 0 Å². The van der Waals surface area contributed by atoms with Crippen molar-refractivity contribution in [3.05, 3.63) is 57.6 Å². The summed E-state index contributed by atoms with van der Waals surface area (Å²) >= 11 is 8.88. The summed E-state index contributed by atoms with van der Waals surface area (Å²) < 4.78 is 7.04. The molecule has 1 unspecified atom stereocenters. The van der Waals surface area contributed by atoms with E-state index < -0.39 is 0 Å². The molecule has 0 saturated carbocycles. The Morgan fingerprint density at radius 3 is 2.42 bits per heavy atom. The maximum Gasteiger partial charge on any atom is 0.171 e. The molecule has 24 heavy (non-hydrogen) atoms. The molecule has 3 nitrogen and oxygen atoms in total.